The average Bonchev–Trinajstić information content (AvgIpc) is 2.93. The van der Waals surface area contributed by atoms with Crippen LogP contribution in [0.25, 0.3) is 0 Å². The van der Waals surface area contributed by atoms with Crippen LogP contribution in [-0.2, 0) is 6.54 Å². The molecule has 2 unspecified atom stereocenters. The topological polar surface area (TPSA) is 85.7 Å². The lowest BCUT2D eigenvalue weighted by molar-refractivity contribution is -0.0728. The van der Waals surface area contributed by atoms with E-state index in [9.17, 15) is 5.26 Å². The van der Waals surface area contributed by atoms with Gasteiger partial charge in [0.15, 0.2) is 0 Å². The third-order valence-corrected chi connectivity index (χ3v) is 10.4. The Morgan fingerprint density at radius 3 is 2.59 bits per heavy atom. The van der Waals surface area contributed by atoms with Crippen LogP contribution in [0.15, 0.2) is 35.4 Å². The van der Waals surface area contributed by atoms with Gasteiger partial charge in [0.25, 0.3) is 0 Å². The summed E-state index contributed by atoms with van der Waals surface area (Å²) in [5, 5.41) is 20.9. The van der Waals surface area contributed by atoms with Crippen LogP contribution >= 0.6 is 11.8 Å². The van der Waals surface area contributed by atoms with Crippen molar-refractivity contribution in [2.24, 2.45) is 23.2 Å². The van der Waals surface area contributed by atoms with Crippen molar-refractivity contribution in [3.05, 3.63) is 41.6 Å². The first-order valence-electron chi connectivity index (χ1n) is 14.3. The van der Waals surface area contributed by atoms with E-state index in [-0.39, 0.29) is 0 Å². The van der Waals surface area contributed by atoms with Crippen molar-refractivity contribution >= 4 is 23.5 Å². The van der Waals surface area contributed by atoms with Crippen molar-refractivity contribution in [1.82, 2.24) is 15.3 Å². The summed E-state index contributed by atoms with van der Waals surface area (Å²) >= 11 is 1.74. The van der Waals surface area contributed by atoms with Gasteiger partial charge in [0, 0.05) is 30.1 Å². The minimum absolute atomic E-state index is 0.337. The zero-order valence-corrected chi connectivity index (χ0v) is 22.8. The Labute approximate surface area is 225 Å². The normalized spacial score (nSPS) is 30.7. The molecule has 0 amide bonds. The smallest absolute Gasteiger partial charge is 0.224 e. The van der Waals surface area contributed by atoms with Gasteiger partial charge in [0.05, 0.1) is 6.20 Å². The van der Waals surface area contributed by atoms with Crippen LogP contribution in [-0.4, -0.2) is 34.9 Å². The van der Waals surface area contributed by atoms with Crippen molar-refractivity contribution in [2.75, 3.05) is 23.4 Å². The van der Waals surface area contributed by atoms with E-state index >= 15 is 0 Å². The summed E-state index contributed by atoms with van der Waals surface area (Å²) in [6.07, 6.45) is 17.5. The van der Waals surface area contributed by atoms with Gasteiger partial charge in [-0.2, -0.15) is 10.2 Å². The minimum atomic E-state index is 0.337. The first-order chi connectivity index (χ1) is 18.1. The van der Waals surface area contributed by atoms with Crippen molar-refractivity contribution in [1.29, 1.82) is 5.26 Å². The monoisotopic (exact) mass is 516 g/mol. The van der Waals surface area contributed by atoms with Crippen LogP contribution < -0.4 is 16.0 Å². The molecule has 5 aliphatic rings. The molecule has 0 spiro atoms. The molecule has 3 N–H and O–H groups in total. The quantitative estimate of drug-likeness (QED) is 0.342. The number of anilines is 2. The van der Waals surface area contributed by atoms with Gasteiger partial charge < -0.3 is 16.0 Å². The van der Waals surface area contributed by atoms with E-state index < -0.39 is 0 Å². The van der Waals surface area contributed by atoms with Gasteiger partial charge in [0.1, 0.15) is 17.5 Å². The van der Waals surface area contributed by atoms with E-state index in [0.29, 0.717) is 29.3 Å². The molecule has 1 aromatic heterocycles. The van der Waals surface area contributed by atoms with Gasteiger partial charge >= 0.3 is 0 Å². The van der Waals surface area contributed by atoms with E-state index in [1.54, 1.807) is 18.0 Å². The lowest BCUT2D eigenvalue weighted by atomic mass is 9.47. The maximum atomic E-state index is 9.74. The Hall–Kier alpha value is -2.30. The molecule has 4 bridgehead atoms. The predicted molar refractivity (Wildman–Crippen MR) is 151 cm³/mol. The number of aromatic nitrogens is 2. The number of nitriles is 1. The number of hydrogen-bond donors (Lipinski definition) is 3. The predicted octanol–water partition coefficient (Wildman–Crippen LogP) is 6.21. The summed E-state index contributed by atoms with van der Waals surface area (Å²) in [7, 11) is 0. The molecule has 0 aliphatic heterocycles. The summed E-state index contributed by atoms with van der Waals surface area (Å²) in [6, 6.07) is 12.2. The maximum absolute atomic E-state index is 9.74. The summed E-state index contributed by atoms with van der Waals surface area (Å²) in [5.41, 5.74) is 2.09. The largest absolute Gasteiger partial charge is 0.368 e. The number of hydrogen-bond acceptors (Lipinski definition) is 7. The summed E-state index contributed by atoms with van der Waals surface area (Å²) in [5.74, 6) is 3.73. The highest BCUT2D eigenvalue weighted by atomic mass is 32.2. The number of thioether (sulfide) groups is 1. The van der Waals surface area contributed by atoms with Crippen LogP contribution in [0.2, 0.25) is 0 Å². The van der Waals surface area contributed by atoms with E-state index in [0.717, 1.165) is 36.4 Å². The molecule has 5 aliphatic carbocycles. The fraction of sp³-hybridized carbons (Fsp3) is 0.633. The molecular weight excluding hydrogens is 476 g/mol. The van der Waals surface area contributed by atoms with Gasteiger partial charge in [-0.15, -0.1) is 11.8 Å². The van der Waals surface area contributed by atoms with Crippen LogP contribution in [0.1, 0.15) is 75.3 Å². The zero-order chi connectivity index (χ0) is 25.2. The molecular formula is C30H40N6S. The molecule has 37 heavy (non-hydrogen) atoms. The lowest BCUT2D eigenvalue weighted by Gasteiger charge is -2.61. The highest BCUT2D eigenvalue weighted by molar-refractivity contribution is 7.98. The van der Waals surface area contributed by atoms with Gasteiger partial charge in [-0.05, 0) is 86.0 Å². The van der Waals surface area contributed by atoms with E-state index in [2.05, 4.69) is 57.5 Å². The number of rotatable bonds is 9. The highest BCUT2D eigenvalue weighted by Gasteiger charge is 2.55. The summed E-state index contributed by atoms with van der Waals surface area (Å²) in [6.45, 7) is 1.57. The number of nitrogens with one attached hydrogen (secondary N) is 3. The Balaban J connectivity index is 1.11. The standard InChI is InChI=1S/C30H40N6S/c1-37-26-10-6-5-7-21(26)17-32-29-33-18-24(16-31)28(36-29)34-19-30-13-20-11-22(14-30)27(23(12-20)15-30)35-25-8-3-2-4-9-25/h5-7,10,18,20,22-23,25,27,35H,2-4,8-9,11-15,17,19H2,1H3,(H2,32,33,34,36). The maximum Gasteiger partial charge on any atom is 0.224 e. The van der Waals surface area contributed by atoms with Crippen LogP contribution in [0.3, 0.4) is 0 Å². The summed E-state index contributed by atoms with van der Waals surface area (Å²) in [4.78, 5) is 10.4. The average molecular weight is 517 g/mol. The van der Waals surface area contributed by atoms with Crippen molar-refractivity contribution in [3.63, 3.8) is 0 Å². The third-order valence-electron chi connectivity index (χ3n) is 9.60. The third kappa shape index (κ3) is 5.33. The number of nitrogens with zero attached hydrogens (tertiary/aromatic N) is 3. The molecule has 5 saturated carbocycles. The van der Waals surface area contributed by atoms with Gasteiger partial charge in [-0.25, -0.2) is 4.98 Å². The second-order valence-electron chi connectivity index (χ2n) is 12.1. The van der Waals surface area contributed by atoms with Crippen molar-refractivity contribution in [2.45, 2.75) is 87.7 Å². The van der Waals surface area contributed by atoms with Crippen LogP contribution in [0.4, 0.5) is 11.8 Å². The fourth-order valence-corrected chi connectivity index (χ4v) is 8.82. The lowest BCUT2D eigenvalue weighted by Crippen LogP contribution is -2.61. The van der Waals surface area contributed by atoms with Crippen molar-refractivity contribution in [3.8, 4) is 6.07 Å². The molecule has 2 aromatic rings. The SMILES string of the molecule is CSc1ccccc1CNc1ncc(C#N)c(NCC23CC4CC(C2)C(NC2CCCCC2)C(C4)C3)n1. The summed E-state index contributed by atoms with van der Waals surface area (Å²) < 4.78 is 0. The Bertz CT molecular complexity index is 1120. The molecule has 1 aromatic carbocycles. The first-order valence-corrected chi connectivity index (χ1v) is 15.5. The molecule has 2 atom stereocenters. The zero-order valence-electron chi connectivity index (χ0n) is 22.0. The Morgan fingerprint density at radius 2 is 1.84 bits per heavy atom. The highest BCUT2D eigenvalue weighted by Crippen LogP contribution is 2.60. The fourth-order valence-electron chi connectivity index (χ4n) is 8.20. The Morgan fingerprint density at radius 1 is 1.05 bits per heavy atom. The molecule has 6 nitrogen and oxygen atoms in total. The molecule has 196 valence electrons. The molecule has 5 fully saturated rings. The van der Waals surface area contributed by atoms with E-state index in [4.69, 9.17) is 4.98 Å². The second-order valence-corrected chi connectivity index (χ2v) is 12.9. The van der Waals surface area contributed by atoms with Gasteiger partial charge in [-0.3, -0.25) is 0 Å². The van der Waals surface area contributed by atoms with Crippen LogP contribution in [0.5, 0.6) is 0 Å². The van der Waals surface area contributed by atoms with E-state index in [1.807, 2.05) is 0 Å². The first kappa shape index (κ1) is 25.0. The number of benzene rings is 1. The molecule has 0 saturated heterocycles. The van der Waals surface area contributed by atoms with Gasteiger partial charge in [-0.1, -0.05) is 37.5 Å². The molecule has 7 heteroatoms. The van der Waals surface area contributed by atoms with Crippen LogP contribution in [0, 0.1) is 34.5 Å². The second kappa shape index (κ2) is 10.8. The van der Waals surface area contributed by atoms with E-state index in [1.165, 1.54) is 74.7 Å². The Kier molecular flexibility index (Phi) is 7.31. The molecule has 0 radical (unpaired) electrons. The molecule has 1 heterocycles. The van der Waals surface area contributed by atoms with Gasteiger partial charge in [0.2, 0.25) is 5.95 Å². The van der Waals surface area contributed by atoms with Crippen molar-refractivity contribution < 1.29 is 0 Å². The minimum Gasteiger partial charge on any atom is -0.368 e. The molecule has 7 rings (SSSR count).